The van der Waals surface area contributed by atoms with E-state index >= 15 is 0 Å². The Morgan fingerprint density at radius 1 is 1.00 bits per heavy atom. The van der Waals surface area contributed by atoms with Gasteiger partial charge in [-0.25, -0.2) is 4.79 Å². The number of rotatable bonds is 4. The summed E-state index contributed by atoms with van der Waals surface area (Å²) in [6.07, 6.45) is 7.48. The number of benzene rings is 2. The molecule has 6 nitrogen and oxygen atoms in total. The SMILES string of the molecule is Cn1cc(-c2cocc2-c2c3n(c4ccccc24)CCC(CNC(=O)OC(C)(C)C)C3)c2ccccc21. The molecular formula is C31H33N3O3. The van der Waals surface area contributed by atoms with Gasteiger partial charge in [-0.1, -0.05) is 36.4 Å². The zero-order valence-corrected chi connectivity index (χ0v) is 21.9. The van der Waals surface area contributed by atoms with Crippen LogP contribution < -0.4 is 5.32 Å². The highest BCUT2D eigenvalue weighted by Crippen LogP contribution is 2.44. The first-order valence-electron chi connectivity index (χ1n) is 13.0. The van der Waals surface area contributed by atoms with Gasteiger partial charge in [0.25, 0.3) is 0 Å². The van der Waals surface area contributed by atoms with E-state index in [0.717, 1.165) is 30.5 Å². The Hall–Kier alpha value is -3.93. The first kappa shape index (κ1) is 23.5. The smallest absolute Gasteiger partial charge is 0.407 e. The van der Waals surface area contributed by atoms with Crippen LogP contribution in [0.5, 0.6) is 0 Å². The Kier molecular flexibility index (Phi) is 5.63. The van der Waals surface area contributed by atoms with Gasteiger partial charge in [0.05, 0.1) is 12.5 Å². The van der Waals surface area contributed by atoms with Gasteiger partial charge in [-0.3, -0.25) is 0 Å². The molecule has 1 atom stereocenters. The number of alkyl carbamates (subject to hydrolysis) is 1. The van der Waals surface area contributed by atoms with E-state index in [9.17, 15) is 4.79 Å². The van der Waals surface area contributed by atoms with Crippen LogP contribution in [0.15, 0.2) is 71.7 Å². The lowest BCUT2D eigenvalue weighted by Gasteiger charge is -2.27. The van der Waals surface area contributed by atoms with Crippen molar-refractivity contribution in [3.63, 3.8) is 0 Å². The topological polar surface area (TPSA) is 61.3 Å². The molecule has 0 spiro atoms. The summed E-state index contributed by atoms with van der Waals surface area (Å²) >= 11 is 0. The number of nitrogens with zero attached hydrogens (tertiary/aromatic N) is 2. The third kappa shape index (κ3) is 4.20. The maximum atomic E-state index is 12.3. The van der Waals surface area contributed by atoms with Gasteiger partial charge < -0.3 is 23.6 Å². The molecule has 0 fully saturated rings. The van der Waals surface area contributed by atoms with Crippen molar-refractivity contribution in [3.05, 3.63) is 72.9 Å². The number of carbonyl (C=O) groups is 1. The second-order valence-electron chi connectivity index (χ2n) is 11.1. The Labute approximate surface area is 216 Å². The minimum atomic E-state index is -0.504. The van der Waals surface area contributed by atoms with Gasteiger partial charge in [0.2, 0.25) is 0 Å². The number of para-hydroxylation sites is 2. The molecule has 37 heavy (non-hydrogen) atoms. The van der Waals surface area contributed by atoms with E-state index < -0.39 is 5.60 Å². The van der Waals surface area contributed by atoms with Crippen LogP contribution in [0.3, 0.4) is 0 Å². The summed E-state index contributed by atoms with van der Waals surface area (Å²) in [5.74, 6) is 0.330. The van der Waals surface area contributed by atoms with Crippen LogP contribution in [0.4, 0.5) is 4.79 Å². The fourth-order valence-corrected chi connectivity index (χ4v) is 5.78. The molecule has 1 amide bonds. The molecule has 0 bridgehead atoms. The average Bonchev–Trinajstić information content (AvgIpc) is 3.55. The molecule has 1 unspecified atom stereocenters. The molecule has 1 aliphatic heterocycles. The number of nitrogens with one attached hydrogen (secondary N) is 1. The van der Waals surface area contributed by atoms with E-state index in [0.29, 0.717) is 12.5 Å². The standard InChI is InChI=1S/C31H33N3O3/c1-31(2,3)37-30(35)32-16-20-13-14-34-27-12-8-6-10-22(27)29(28(34)15-20)25-19-36-18-24(25)23-17-33(4)26-11-7-5-9-21(23)26/h5-12,17-20H,13-16H2,1-4H3,(H,32,35). The first-order chi connectivity index (χ1) is 17.8. The van der Waals surface area contributed by atoms with Crippen LogP contribution >= 0.6 is 0 Å². The molecule has 4 heterocycles. The van der Waals surface area contributed by atoms with Crippen molar-refractivity contribution in [2.75, 3.05) is 6.54 Å². The molecule has 5 aromatic rings. The van der Waals surface area contributed by atoms with Gasteiger partial charge in [0, 0.05) is 76.1 Å². The quantitative estimate of drug-likeness (QED) is 0.288. The zero-order valence-electron chi connectivity index (χ0n) is 21.9. The Morgan fingerprint density at radius 3 is 2.49 bits per heavy atom. The lowest BCUT2D eigenvalue weighted by molar-refractivity contribution is 0.0516. The number of furan rings is 1. The highest BCUT2D eigenvalue weighted by Gasteiger charge is 2.29. The van der Waals surface area contributed by atoms with E-state index in [1.807, 2.05) is 33.3 Å². The maximum Gasteiger partial charge on any atom is 0.407 e. The minimum Gasteiger partial charge on any atom is -0.471 e. The van der Waals surface area contributed by atoms with E-state index in [-0.39, 0.29) is 6.09 Å². The van der Waals surface area contributed by atoms with Crippen LogP contribution in [0.2, 0.25) is 0 Å². The van der Waals surface area contributed by atoms with Crippen molar-refractivity contribution in [1.82, 2.24) is 14.5 Å². The Morgan fingerprint density at radius 2 is 1.70 bits per heavy atom. The number of hydrogen-bond donors (Lipinski definition) is 1. The van der Waals surface area contributed by atoms with Crippen LogP contribution in [0, 0.1) is 5.92 Å². The normalized spacial score (nSPS) is 15.7. The third-order valence-electron chi connectivity index (χ3n) is 7.37. The molecule has 1 N–H and O–H groups in total. The fraction of sp³-hybridized carbons (Fsp3) is 0.323. The molecule has 6 heteroatoms. The van der Waals surface area contributed by atoms with Crippen molar-refractivity contribution in [2.24, 2.45) is 13.0 Å². The summed E-state index contributed by atoms with van der Waals surface area (Å²) in [7, 11) is 2.09. The van der Waals surface area contributed by atoms with Gasteiger partial charge in [-0.2, -0.15) is 0 Å². The summed E-state index contributed by atoms with van der Waals surface area (Å²) in [6, 6.07) is 17.1. The van der Waals surface area contributed by atoms with Gasteiger partial charge in [0.15, 0.2) is 0 Å². The lowest BCUT2D eigenvalue weighted by Crippen LogP contribution is -2.37. The first-order valence-corrected chi connectivity index (χ1v) is 13.0. The molecule has 0 aliphatic carbocycles. The van der Waals surface area contributed by atoms with Crippen LogP contribution in [-0.4, -0.2) is 27.4 Å². The van der Waals surface area contributed by atoms with Crippen LogP contribution in [0.25, 0.3) is 44.1 Å². The Bertz CT molecular complexity index is 1610. The zero-order chi connectivity index (χ0) is 25.7. The number of aromatic nitrogens is 2. The average molecular weight is 496 g/mol. The van der Waals surface area contributed by atoms with E-state index in [4.69, 9.17) is 9.15 Å². The van der Waals surface area contributed by atoms with Gasteiger partial charge >= 0.3 is 6.09 Å². The number of amides is 1. The second-order valence-corrected chi connectivity index (χ2v) is 11.1. The van der Waals surface area contributed by atoms with Crippen molar-refractivity contribution in [1.29, 1.82) is 0 Å². The fourth-order valence-electron chi connectivity index (χ4n) is 5.78. The molecule has 0 radical (unpaired) electrons. The summed E-state index contributed by atoms with van der Waals surface area (Å²) in [5, 5.41) is 5.45. The summed E-state index contributed by atoms with van der Waals surface area (Å²) < 4.78 is 16.0. The number of ether oxygens (including phenoxy) is 1. The van der Waals surface area contributed by atoms with Crippen molar-refractivity contribution < 1.29 is 13.9 Å². The summed E-state index contributed by atoms with van der Waals surface area (Å²) in [4.78, 5) is 12.3. The molecule has 0 saturated carbocycles. The monoisotopic (exact) mass is 495 g/mol. The molecule has 2 aromatic carbocycles. The van der Waals surface area contributed by atoms with Crippen molar-refractivity contribution in [3.8, 4) is 22.3 Å². The van der Waals surface area contributed by atoms with Crippen molar-refractivity contribution in [2.45, 2.75) is 45.8 Å². The highest BCUT2D eigenvalue weighted by molar-refractivity contribution is 6.05. The molecule has 1 aliphatic rings. The number of hydrogen-bond acceptors (Lipinski definition) is 3. The van der Waals surface area contributed by atoms with E-state index in [2.05, 4.69) is 76.2 Å². The van der Waals surface area contributed by atoms with E-state index in [1.165, 1.54) is 38.6 Å². The molecule has 190 valence electrons. The third-order valence-corrected chi connectivity index (χ3v) is 7.37. The van der Waals surface area contributed by atoms with Gasteiger partial charge in [-0.15, -0.1) is 0 Å². The van der Waals surface area contributed by atoms with Crippen LogP contribution in [-0.2, 0) is 24.8 Å². The molecule has 6 rings (SSSR count). The predicted octanol–water partition coefficient (Wildman–Crippen LogP) is 7.15. The maximum absolute atomic E-state index is 12.3. The summed E-state index contributed by atoms with van der Waals surface area (Å²) in [6.45, 7) is 7.17. The predicted molar refractivity (Wildman–Crippen MR) is 148 cm³/mol. The largest absolute Gasteiger partial charge is 0.471 e. The van der Waals surface area contributed by atoms with E-state index in [1.54, 1.807) is 0 Å². The number of carbonyl (C=O) groups excluding carboxylic acids is 1. The Balaban J connectivity index is 1.40. The number of aryl methyl sites for hydroxylation is 2. The number of fused-ring (bicyclic) bond motifs is 4. The molecule has 3 aromatic heterocycles. The lowest BCUT2D eigenvalue weighted by atomic mass is 9.90. The minimum absolute atomic E-state index is 0.330. The van der Waals surface area contributed by atoms with Crippen LogP contribution in [0.1, 0.15) is 32.9 Å². The summed E-state index contributed by atoms with van der Waals surface area (Å²) in [5.41, 5.74) is 7.85. The second kappa shape index (κ2) is 8.87. The molecule has 0 saturated heterocycles. The highest BCUT2D eigenvalue weighted by atomic mass is 16.6. The molecular weight excluding hydrogens is 462 g/mol. The van der Waals surface area contributed by atoms with Gasteiger partial charge in [-0.05, 0) is 51.7 Å². The van der Waals surface area contributed by atoms with Crippen molar-refractivity contribution >= 4 is 27.9 Å². The van der Waals surface area contributed by atoms with Gasteiger partial charge in [0.1, 0.15) is 5.60 Å².